The van der Waals surface area contributed by atoms with Crippen molar-refractivity contribution >= 4 is 29.3 Å². The summed E-state index contributed by atoms with van der Waals surface area (Å²) in [6.07, 6.45) is 0. The Hall–Kier alpha value is -1.72. The Kier molecular flexibility index (Phi) is 6.74. The lowest BCUT2D eigenvalue weighted by Crippen LogP contribution is -2.24. The molecule has 23 heavy (non-hydrogen) atoms. The SMILES string of the molecule is COc1ccc(CSCC(=O)NCc2cccc(Cl)c2)cc1F. The van der Waals surface area contributed by atoms with Crippen LogP contribution in [-0.2, 0) is 17.1 Å². The topological polar surface area (TPSA) is 38.3 Å². The zero-order valence-electron chi connectivity index (χ0n) is 12.6. The fraction of sp³-hybridized carbons (Fsp3) is 0.235. The van der Waals surface area contributed by atoms with E-state index >= 15 is 0 Å². The van der Waals surface area contributed by atoms with Gasteiger partial charge in [0.25, 0.3) is 0 Å². The summed E-state index contributed by atoms with van der Waals surface area (Å²) in [6.45, 7) is 0.442. The fourth-order valence-corrected chi connectivity index (χ4v) is 2.98. The Balaban J connectivity index is 1.73. The minimum atomic E-state index is -0.393. The molecule has 2 rings (SSSR count). The van der Waals surface area contributed by atoms with Crippen LogP contribution in [0, 0.1) is 5.82 Å². The van der Waals surface area contributed by atoms with E-state index in [0.717, 1.165) is 11.1 Å². The molecule has 6 heteroatoms. The molecule has 2 aromatic carbocycles. The summed E-state index contributed by atoms with van der Waals surface area (Å²) in [4.78, 5) is 11.8. The van der Waals surface area contributed by atoms with Crippen LogP contribution in [0.3, 0.4) is 0 Å². The third-order valence-corrected chi connectivity index (χ3v) is 4.34. The molecule has 0 radical (unpaired) electrons. The van der Waals surface area contributed by atoms with Crippen LogP contribution in [0.25, 0.3) is 0 Å². The highest BCUT2D eigenvalue weighted by atomic mass is 35.5. The van der Waals surface area contributed by atoms with E-state index in [4.69, 9.17) is 16.3 Å². The average molecular weight is 354 g/mol. The second kappa shape index (κ2) is 8.79. The van der Waals surface area contributed by atoms with Gasteiger partial charge in [0.2, 0.25) is 5.91 Å². The standard InChI is InChI=1S/C17H17ClFNO2S/c1-22-16-6-5-13(8-15(16)19)10-23-11-17(21)20-9-12-3-2-4-14(18)7-12/h2-8H,9-11H2,1H3,(H,20,21). The molecule has 0 spiro atoms. The van der Waals surface area contributed by atoms with Crippen molar-refractivity contribution in [1.29, 1.82) is 0 Å². The number of ether oxygens (including phenoxy) is 1. The van der Waals surface area contributed by atoms with E-state index in [-0.39, 0.29) is 11.7 Å². The summed E-state index contributed by atoms with van der Waals surface area (Å²) in [7, 11) is 1.43. The normalized spacial score (nSPS) is 10.4. The first-order chi connectivity index (χ1) is 11.1. The highest BCUT2D eigenvalue weighted by molar-refractivity contribution is 7.99. The van der Waals surface area contributed by atoms with Gasteiger partial charge in [-0.15, -0.1) is 11.8 Å². The van der Waals surface area contributed by atoms with Gasteiger partial charge in [-0.05, 0) is 35.4 Å². The quantitative estimate of drug-likeness (QED) is 0.816. The first-order valence-corrected chi connectivity index (χ1v) is 8.53. The number of nitrogens with one attached hydrogen (secondary N) is 1. The summed E-state index contributed by atoms with van der Waals surface area (Å²) >= 11 is 7.32. The molecule has 0 fully saturated rings. The number of halogens is 2. The van der Waals surface area contributed by atoms with Crippen LogP contribution < -0.4 is 10.1 Å². The van der Waals surface area contributed by atoms with Crippen LogP contribution in [0.5, 0.6) is 5.75 Å². The zero-order valence-corrected chi connectivity index (χ0v) is 14.2. The van der Waals surface area contributed by atoms with Crippen LogP contribution in [0.2, 0.25) is 5.02 Å². The van der Waals surface area contributed by atoms with Crippen molar-refractivity contribution < 1.29 is 13.9 Å². The maximum Gasteiger partial charge on any atom is 0.230 e. The number of benzene rings is 2. The minimum Gasteiger partial charge on any atom is -0.494 e. The zero-order chi connectivity index (χ0) is 16.7. The van der Waals surface area contributed by atoms with Gasteiger partial charge >= 0.3 is 0 Å². The maximum atomic E-state index is 13.6. The van der Waals surface area contributed by atoms with Crippen molar-refractivity contribution in [2.75, 3.05) is 12.9 Å². The van der Waals surface area contributed by atoms with Gasteiger partial charge in [-0.3, -0.25) is 4.79 Å². The van der Waals surface area contributed by atoms with Crippen molar-refractivity contribution in [1.82, 2.24) is 5.32 Å². The van der Waals surface area contributed by atoms with E-state index in [9.17, 15) is 9.18 Å². The van der Waals surface area contributed by atoms with Crippen LogP contribution >= 0.6 is 23.4 Å². The molecule has 0 unspecified atom stereocenters. The Morgan fingerprint density at radius 3 is 2.78 bits per heavy atom. The molecule has 3 nitrogen and oxygen atoms in total. The van der Waals surface area contributed by atoms with Crippen molar-refractivity contribution in [3.63, 3.8) is 0 Å². The van der Waals surface area contributed by atoms with Gasteiger partial charge in [0.1, 0.15) is 0 Å². The molecule has 1 amide bonds. The third-order valence-electron chi connectivity index (χ3n) is 3.10. The van der Waals surface area contributed by atoms with Crippen LogP contribution in [0.1, 0.15) is 11.1 Å². The Morgan fingerprint density at radius 1 is 1.26 bits per heavy atom. The first kappa shape index (κ1) is 17.6. The molecule has 0 aliphatic heterocycles. The molecule has 0 saturated heterocycles. The van der Waals surface area contributed by atoms with Gasteiger partial charge in [0.05, 0.1) is 12.9 Å². The molecule has 0 aromatic heterocycles. The Bertz CT molecular complexity index is 681. The number of hydrogen-bond acceptors (Lipinski definition) is 3. The van der Waals surface area contributed by atoms with Gasteiger partial charge in [-0.25, -0.2) is 4.39 Å². The molecule has 2 aromatic rings. The summed E-state index contributed by atoms with van der Waals surface area (Å²) < 4.78 is 18.4. The highest BCUT2D eigenvalue weighted by Crippen LogP contribution is 2.20. The first-order valence-electron chi connectivity index (χ1n) is 7.00. The maximum absolute atomic E-state index is 13.6. The fourth-order valence-electron chi connectivity index (χ4n) is 1.96. The summed E-state index contributed by atoms with van der Waals surface area (Å²) in [5.41, 5.74) is 1.77. The predicted octanol–water partition coefficient (Wildman–Crippen LogP) is 4.04. The van der Waals surface area contributed by atoms with Gasteiger partial charge in [-0.2, -0.15) is 0 Å². The lowest BCUT2D eigenvalue weighted by Gasteiger charge is -2.07. The molecule has 0 aliphatic carbocycles. The molecule has 0 aliphatic rings. The van der Waals surface area contributed by atoms with Crippen molar-refractivity contribution in [2.45, 2.75) is 12.3 Å². The smallest absolute Gasteiger partial charge is 0.230 e. The predicted molar refractivity (Wildman–Crippen MR) is 92.4 cm³/mol. The number of methoxy groups -OCH3 is 1. The van der Waals surface area contributed by atoms with Gasteiger partial charge in [0, 0.05) is 17.3 Å². The molecule has 122 valence electrons. The Labute approximate surface area is 144 Å². The van der Waals surface area contributed by atoms with E-state index in [2.05, 4.69) is 5.32 Å². The van der Waals surface area contributed by atoms with Gasteiger partial charge in [-0.1, -0.05) is 29.8 Å². The Morgan fingerprint density at radius 2 is 2.09 bits per heavy atom. The number of amides is 1. The molecule has 0 bridgehead atoms. The van der Waals surface area contributed by atoms with E-state index in [1.165, 1.54) is 24.9 Å². The second-order valence-corrected chi connectivity index (χ2v) is 6.29. The van der Waals surface area contributed by atoms with Crippen molar-refractivity contribution in [3.8, 4) is 5.75 Å². The minimum absolute atomic E-state index is 0.0658. The van der Waals surface area contributed by atoms with Crippen LogP contribution in [-0.4, -0.2) is 18.8 Å². The van der Waals surface area contributed by atoms with Crippen LogP contribution in [0.15, 0.2) is 42.5 Å². The largest absolute Gasteiger partial charge is 0.494 e. The molecule has 0 heterocycles. The number of carbonyl (C=O) groups is 1. The van der Waals surface area contributed by atoms with Crippen molar-refractivity contribution in [2.24, 2.45) is 0 Å². The molecule has 0 atom stereocenters. The number of rotatable bonds is 7. The lowest BCUT2D eigenvalue weighted by atomic mass is 10.2. The molecular weight excluding hydrogens is 337 g/mol. The lowest BCUT2D eigenvalue weighted by molar-refractivity contribution is -0.118. The summed E-state index contributed by atoms with van der Waals surface area (Å²) in [5.74, 6) is 0.637. The summed E-state index contributed by atoms with van der Waals surface area (Å²) in [5, 5.41) is 3.48. The monoisotopic (exact) mass is 353 g/mol. The van der Waals surface area contributed by atoms with E-state index in [0.29, 0.717) is 23.1 Å². The average Bonchev–Trinajstić information content (AvgIpc) is 2.53. The number of hydrogen-bond donors (Lipinski definition) is 1. The molecule has 1 N–H and O–H groups in total. The molecule has 0 saturated carbocycles. The molecular formula is C17H17ClFNO2S. The van der Waals surface area contributed by atoms with E-state index in [1.807, 2.05) is 18.2 Å². The van der Waals surface area contributed by atoms with Gasteiger partial charge in [0.15, 0.2) is 11.6 Å². The summed E-state index contributed by atoms with van der Waals surface area (Å²) in [6, 6.07) is 12.2. The number of thioether (sulfide) groups is 1. The highest BCUT2D eigenvalue weighted by Gasteiger charge is 2.06. The van der Waals surface area contributed by atoms with E-state index in [1.54, 1.807) is 18.2 Å². The number of carbonyl (C=O) groups excluding carboxylic acids is 1. The van der Waals surface area contributed by atoms with Crippen molar-refractivity contribution in [3.05, 3.63) is 64.4 Å². The van der Waals surface area contributed by atoms with Gasteiger partial charge < -0.3 is 10.1 Å². The van der Waals surface area contributed by atoms with Crippen LogP contribution in [0.4, 0.5) is 4.39 Å². The van der Waals surface area contributed by atoms with E-state index < -0.39 is 5.82 Å². The third kappa shape index (κ3) is 5.77. The second-order valence-electron chi connectivity index (χ2n) is 4.87.